The fraction of sp³-hybridized carbons (Fsp3) is 0.0667. The molecule has 0 spiro atoms. The molecule has 0 aliphatic heterocycles. The maximum atomic E-state index is 13.9. The molecule has 0 aromatic heterocycles. The molecular formula is C15H12ClFN2OS. The van der Waals surface area contributed by atoms with Crippen LogP contribution < -0.4 is 11.1 Å². The largest absolute Gasteiger partial charge is 0.389 e. The van der Waals surface area contributed by atoms with Crippen LogP contribution in [-0.4, -0.2) is 10.9 Å². The predicted molar refractivity (Wildman–Crippen MR) is 84.9 cm³/mol. The van der Waals surface area contributed by atoms with Gasteiger partial charge in [0.05, 0.1) is 10.6 Å². The highest BCUT2D eigenvalue weighted by Crippen LogP contribution is 2.15. The summed E-state index contributed by atoms with van der Waals surface area (Å²) in [6.07, 6.45) is 0. The van der Waals surface area contributed by atoms with Gasteiger partial charge in [-0.2, -0.15) is 0 Å². The summed E-state index contributed by atoms with van der Waals surface area (Å²) in [5.74, 6) is -0.835. The number of benzene rings is 2. The van der Waals surface area contributed by atoms with Gasteiger partial charge in [0.15, 0.2) is 0 Å². The molecule has 0 unspecified atom stereocenters. The van der Waals surface area contributed by atoms with Crippen LogP contribution in [0.4, 0.5) is 4.39 Å². The molecule has 0 fully saturated rings. The number of nitrogens with two attached hydrogens (primary N) is 1. The summed E-state index contributed by atoms with van der Waals surface area (Å²) in [6, 6.07) is 11.1. The van der Waals surface area contributed by atoms with Crippen molar-refractivity contribution in [3.8, 4) is 0 Å². The standard InChI is InChI=1S/C15H12ClFN2OS/c16-12-4-2-1-3-11(12)15(20)19-8-10-6-5-9(14(18)21)7-13(10)17/h1-7H,8H2,(H2,18,21)(H,19,20). The van der Waals surface area contributed by atoms with Gasteiger partial charge in [-0.25, -0.2) is 4.39 Å². The van der Waals surface area contributed by atoms with Gasteiger partial charge in [0, 0.05) is 17.7 Å². The highest BCUT2D eigenvalue weighted by atomic mass is 35.5. The third-order valence-electron chi connectivity index (χ3n) is 2.90. The zero-order chi connectivity index (χ0) is 15.4. The Morgan fingerprint density at radius 3 is 2.62 bits per heavy atom. The maximum absolute atomic E-state index is 13.9. The van der Waals surface area contributed by atoms with E-state index in [-0.39, 0.29) is 17.4 Å². The minimum atomic E-state index is -0.472. The molecule has 1 amide bonds. The van der Waals surface area contributed by atoms with Gasteiger partial charge in [0.2, 0.25) is 0 Å². The molecule has 2 rings (SSSR count). The zero-order valence-corrected chi connectivity index (χ0v) is 12.5. The molecule has 3 nitrogen and oxygen atoms in total. The van der Waals surface area contributed by atoms with E-state index in [1.54, 1.807) is 30.3 Å². The molecule has 2 aromatic carbocycles. The van der Waals surface area contributed by atoms with Crippen molar-refractivity contribution in [1.29, 1.82) is 0 Å². The molecule has 0 saturated carbocycles. The SMILES string of the molecule is NC(=S)c1ccc(CNC(=O)c2ccccc2Cl)c(F)c1. The summed E-state index contributed by atoms with van der Waals surface area (Å²) < 4.78 is 13.9. The van der Waals surface area contributed by atoms with E-state index in [2.05, 4.69) is 5.32 Å². The van der Waals surface area contributed by atoms with Gasteiger partial charge in [0.25, 0.3) is 5.91 Å². The van der Waals surface area contributed by atoms with Gasteiger partial charge in [-0.15, -0.1) is 0 Å². The summed E-state index contributed by atoms with van der Waals surface area (Å²) in [5.41, 5.74) is 6.57. The molecule has 0 aliphatic carbocycles. The van der Waals surface area contributed by atoms with Crippen molar-refractivity contribution >= 4 is 34.7 Å². The number of amides is 1. The first-order valence-electron chi connectivity index (χ1n) is 6.10. The van der Waals surface area contributed by atoms with E-state index in [0.29, 0.717) is 21.7 Å². The van der Waals surface area contributed by atoms with E-state index >= 15 is 0 Å². The average Bonchev–Trinajstić information content (AvgIpc) is 2.46. The first-order valence-corrected chi connectivity index (χ1v) is 6.88. The lowest BCUT2D eigenvalue weighted by atomic mass is 10.1. The Hall–Kier alpha value is -1.98. The lowest BCUT2D eigenvalue weighted by molar-refractivity contribution is 0.0951. The number of rotatable bonds is 4. The molecule has 108 valence electrons. The minimum Gasteiger partial charge on any atom is -0.389 e. The van der Waals surface area contributed by atoms with Gasteiger partial charge in [-0.05, 0) is 18.2 Å². The molecular weight excluding hydrogens is 311 g/mol. The van der Waals surface area contributed by atoms with Gasteiger partial charge in [-0.1, -0.05) is 48.1 Å². The van der Waals surface area contributed by atoms with Crippen LogP contribution in [0.15, 0.2) is 42.5 Å². The van der Waals surface area contributed by atoms with Crippen LogP contribution in [0.2, 0.25) is 5.02 Å². The first kappa shape index (κ1) is 15.4. The number of carbonyl (C=O) groups excluding carboxylic acids is 1. The van der Waals surface area contributed by atoms with Crippen molar-refractivity contribution in [2.75, 3.05) is 0 Å². The fourth-order valence-corrected chi connectivity index (χ4v) is 2.11. The van der Waals surface area contributed by atoms with Crippen LogP contribution in [0.3, 0.4) is 0 Å². The Balaban J connectivity index is 2.08. The Bertz CT molecular complexity index is 706. The molecule has 0 saturated heterocycles. The Morgan fingerprint density at radius 1 is 1.29 bits per heavy atom. The number of hydrogen-bond donors (Lipinski definition) is 2. The van der Waals surface area contributed by atoms with E-state index in [9.17, 15) is 9.18 Å². The maximum Gasteiger partial charge on any atom is 0.253 e. The Morgan fingerprint density at radius 2 is 2.00 bits per heavy atom. The number of carbonyl (C=O) groups is 1. The second kappa shape index (κ2) is 6.65. The van der Waals surface area contributed by atoms with Gasteiger partial charge < -0.3 is 11.1 Å². The van der Waals surface area contributed by atoms with Crippen molar-refractivity contribution in [3.63, 3.8) is 0 Å². The highest BCUT2D eigenvalue weighted by molar-refractivity contribution is 7.80. The van der Waals surface area contributed by atoms with Crippen molar-refractivity contribution in [1.82, 2.24) is 5.32 Å². The highest BCUT2D eigenvalue weighted by Gasteiger charge is 2.11. The number of halogens is 2. The summed E-state index contributed by atoms with van der Waals surface area (Å²) in [4.78, 5) is 12.1. The average molecular weight is 323 g/mol. The number of nitrogens with one attached hydrogen (secondary N) is 1. The van der Waals surface area contributed by atoms with E-state index in [4.69, 9.17) is 29.6 Å². The number of thiocarbonyl (C=S) groups is 1. The van der Waals surface area contributed by atoms with Crippen LogP contribution in [0.25, 0.3) is 0 Å². The molecule has 0 radical (unpaired) electrons. The second-order valence-corrected chi connectivity index (χ2v) is 5.18. The summed E-state index contributed by atoms with van der Waals surface area (Å²) in [7, 11) is 0. The zero-order valence-electron chi connectivity index (χ0n) is 10.9. The van der Waals surface area contributed by atoms with Crippen LogP contribution in [0.1, 0.15) is 21.5 Å². The lowest BCUT2D eigenvalue weighted by Gasteiger charge is -2.08. The van der Waals surface area contributed by atoms with Crippen molar-refractivity contribution in [2.24, 2.45) is 5.73 Å². The third kappa shape index (κ3) is 3.77. The topological polar surface area (TPSA) is 55.1 Å². The molecule has 0 atom stereocenters. The van der Waals surface area contributed by atoms with E-state index in [1.165, 1.54) is 12.1 Å². The summed E-state index contributed by atoms with van der Waals surface area (Å²) >= 11 is 10.7. The molecule has 0 aliphatic rings. The van der Waals surface area contributed by atoms with E-state index in [0.717, 1.165) is 0 Å². The van der Waals surface area contributed by atoms with Gasteiger partial charge in [0.1, 0.15) is 10.8 Å². The summed E-state index contributed by atoms with van der Waals surface area (Å²) in [6.45, 7) is 0.0491. The van der Waals surface area contributed by atoms with Crippen molar-refractivity contribution < 1.29 is 9.18 Å². The van der Waals surface area contributed by atoms with Crippen LogP contribution in [0.5, 0.6) is 0 Å². The quantitative estimate of drug-likeness (QED) is 0.851. The second-order valence-electron chi connectivity index (χ2n) is 4.33. The molecule has 2 aromatic rings. The summed E-state index contributed by atoms with van der Waals surface area (Å²) in [5, 5.41) is 2.96. The van der Waals surface area contributed by atoms with Gasteiger partial charge >= 0.3 is 0 Å². The number of hydrogen-bond acceptors (Lipinski definition) is 2. The predicted octanol–water partition coefficient (Wildman–Crippen LogP) is 3.04. The normalized spacial score (nSPS) is 10.2. The van der Waals surface area contributed by atoms with Crippen molar-refractivity contribution in [3.05, 3.63) is 70.0 Å². The van der Waals surface area contributed by atoms with E-state index in [1.807, 2.05) is 0 Å². The first-order chi connectivity index (χ1) is 9.99. The third-order valence-corrected chi connectivity index (χ3v) is 3.46. The molecule has 6 heteroatoms. The minimum absolute atomic E-state index is 0.0491. The molecule has 0 heterocycles. The fourth-order valence-electron chi connectivity index (χ4n) is 1.76. The Labute approximate surface area is 131 Å². The van der Waals surface area contributed by atoms with Crippen LogP contribution in [0, 0.1) is 5.82 Å². The molecule has 21 heavy (non-hydrogen) atoms. The van der Waals surface area contributed by atoms with E-state index < -0.39 is 5.82 Å². The Kier molecular flexibility index (Phi) is 4.88. The smallest absolute Gasteiger partial charge is 0.253 e. The van der Waals surface area contributed by atoms with Crippen LogP contribution >= 0.6 is 23.8 Å². The van der Waals surface area contributed by atoms with Gasteiger partial charge in [-0.3, -0.25) is 4.79 Å². The molecule has 3 N–H and O–H groups in total. The van der Waals surface area contributed by atoms with Crippen LogP contribution in [-0.2, 0) is 6.54 Å². The molecule has 0 bridgehead atoms. The monoisotopic (exact) mass is 322 g/mol. The van der Waals surface area contributed by atoms with Crippen molar-refractivity contribution in [2.45, 2.75) is 6.54 Å². The lowest BCUT2D eigenvalue weighted by Crippen LogP contribution is -2.23.